The van der Waals surface area contributed by atoms with Crippen molar-refractivity contribution in [1.82, 2.24) is 10.3 Å². The van der Waals surface area contributed by atoms with Gasteiger partial charge in [-0.05, 0) is 13.0 Å². The lowest BCUT2D eigenvalue weighted by Crippen LogP contribution is -2.17. The van der Waals surface area contributed by atoms with Gasteiger partial charge in [-0.3, -0.25) is 10.1 Å². The van der Waals surface area contributed by atoms with E-state index in [4.69, 9.17) is 4.74 Å². The standard InChI is InChI=1S/C14H17N3O3S/c1-10-16-12(9-21-10)5-6-15-8-11-7-13(17(18)19)3-4-14(11)20-2/h3-4,7,9,15H,5-6,8H2,1-2H3. The summed E-state index contributed by atoms with van der Waals surface area (Å²) in [4.78, 5) is 14.8. The number of hydrogen-bond donors (Lipinski definition) is 1. The summed E-state index contributed by atoms with van der Waals surface area (Å²) in [6.07, 6.45) is 0.835. The molecule has 0 aliphatic heterocycles. The zero-order valence-corrected chi connectivity index (χ0v) is 12.8. The fraction of sp³-hybridized carbons (Fsp3) is 0.357. The Kier molecular flexibility index (Phi) is 5.24. The predicted octanol–water partition coefficient (Wildman–Crippen LogP) is 2.70. The average molecular weight is 307 g/mol. The van der Waals surface area contributed by atoms with Gasteiger partial charge in [0.1, 0.15) is 5.75 Å². The van der Waals surface area contributed by atoms with Crippen molar-refractivity contribution in [2.24, 2.45) is 0 Å². The van der Waals surface area contributed by atoms with Gasteiger partial charge < -0.3 is 10.1 Å². The van der Waals surface area contributed by atoms with E-state index in [9.17, 15) is 10.1 Å². The number of ether oxygens (including phenoxy) is 1. The van der Waals surface area contributed by atoms with Gasteiger partial charge in [-0.2, -0.15) is 0 Å². The Labute approximate surface area is 126 Å². The summed E-state index contributed by atoms with van der Waals surface area (Å²) in [5.74, 6) is 0.651. The highest BCUT2D eigenvalue weighted by molar-refractivity contribution is 7.09. The van der Waals surface area contributed by atoms with Crippen LogP contribution < -0.4 is 10.1 Å². The van der Waals surface area contributed by atoms with E-state index in [0.717, 1.165) is 29.2 Å². The molecule has 1 heterocycles. The number of nitro groups is 1. The van der Waals surface area contributed by atoms with Gasteiger partial charge in [-0.15, -0.1) is 11.3 Å². The highest BCUT2D eigenvalue weighted by Crippen LogP contribution is 2.23. The van der Waals surface area contributed by atoms with Crippen LogP contribution in [0, 0.1) is 17.0 Å². The summed E-state index contributed by atoms with van der Waals surface area (Å²) in [5, 5.41) is 17.2. The Morgan fingerprint density at radius 3 is 2.90 bits per heavy atom. The largest absolute Gasteiger partial charge is 0.496 e. The number of benzene rings is 1. The van der Waals surface area contributed by atoms with Crippen LogP contribution in [0.5, 0.6) is 5.75 Å². The average Bonchev–Trinajstić information content (AvgIpc) is 2.89. The van der Waals surface area contributed by atoms with Crippen molar-refractivity contribution in [1.29, 1.82) is 0 Å². The summed E-state index contributed by atoms with van der Waals surface area (Å²) in [7, 11) is 1.56. The van der Waals surface area contributed by atoms with Gasteiger partial charge in [0.25, 0.3) is 5.69 Å². The fourth-order valence-electron chi connectivity index (χ4n) is 1.98. The number of aromatic nitrogens is 1. The van der Waals surface area contributed by atoms with Crippen molar-refractivity contribution in [3.8, 4) is 5.75 Å². The number of thiazole rings is 1. The Morgan fingerprint density at radius 2 is 2.29 bits per heavy atom. The molecule has 0 aliphatic carbocycles. The third-order valence-electron chi connectivity index (χ3n) is 3.01. The molecular weight excluding hydrogens is 290 g/mol. The van der Waals surface area contributed by atoms with Gasteiger partial charge in [0.2, 0.25) is 0 Å². The molecule has 2 rings (SSSR count). The summed E-state index contributed by atoms with van der Waals surface area (Å²) in [5.41, 5.74) is 1.92. The molecule has 0 radical (unpaired) electrons. The molecule has 112 valence electrons. The summed E-state index contributed by atoms with van der Waals surface area (Å²) >= 11 is 1.64. The van der Waals surface area contributed by atoms with Crippen LogP contribution in [0.25, 0.3) is 0 Å². The molecule has 0 fully saturated rings. The molecule has 0 saturated carbocycles. The van der Waals surface area contributed by atoms with Crippen molar-refractivity contribution >= 4 is 17.0 Å². The molecule has 1 aromatic carbocycles. The minimum absolute atomic E-state index is 0.0720. The molecule has 0 spiro atoms. The molecule has 7 heteroatoms. The third-order valence-corrected chi connectivity index (χ3v) is 3.84. The number of non-ortho nitro benzene ring substituents is 1. The lowest BCUT2D eigenvalue weighted by Gasteiger charge is -2.09. The third kappa shape index (κ3) is 4.24. The minimum atomic E-state index is -0.402. The number of hydrogen-bond acceptors (Lipinski definition) is 6. The Hall–Kier alpha value is -1.99. The Balaban J connectivity index is 1.92. The summed E-state index contributed by atoms with van der Waals surface area (Å²) < 4.78 is 5.23. The molecule has 0 aliphatic rings. The van der Waals surface area contributed by atoms with Gasteiger partial charge in [-0.25, -0.2) is 4.98 Å². The smallest absolute Gasteiger partial charge is 0.270 e. The molecule has 0 saturated heterocycles. The van der Waals surface area contributed by atoms with E-state index in [1.807, 2.05) is 12.3 Å². The van der Waals surface area contributed by atoms with Gasteiger partial charge in [0.15, 0.2) is 0 Å². The van der Waals surface area contributed by atoms with Gasteiger partial charge in [0.05, 0.1) is 22.7 Å². The van der Waals surface area contributed by atoms with Crippen LogP contribution in [0.4, 0.5) is 5.69 Å². The Morgan fingerprint density at radius 1 is 1.48 bits per heavy atom. The lowest BCUT2D eigenvalue weighted by atomic mass is 10.1. The van der Waals surface area contributed by atoms with Crippen LogP contribution in [0.15, 0.2) is 23.6 Å². The first kappa shape index (κ1) is 15.4. The second-order valence-corrected chi connectivity index (χ2v) is 5.60. The molecule has 1 aromatic heterocycles. The molecule has 0 atom stereocenters. The number of nitrogens with zero attached hydrogens (tertiary/aromatic N) is 2. The summed E-state index contributed by atoms with van der Waals surface area (Å²) in [6.45, 7) is 3.26. The van der Waals surface area contributed by atoms with Crippen LogP contribution in [-0.2, 0) is 13.0 Å². The first-order valence-corrected chi connectivity index (χ1v) is 7.41. The minimum Gasteiger partial charge on any atom is -0.496 e. The van der Waals surface area contributed by atoms with Gasteiger partial charge >= 0.3 is 0 Å². The number of nitro benzene ring substituents is 1. The van der Waals surface area contributed by atoms with Crippen molar-refractivity contribution in [2.45, 2.75) is 19.9 Å². The molecule has 1 N–H and O–H groups in total. The first-order chi connectivity index (χ1) is 10.1. The molecule has 21 heavy (non-hydrogen) atoms. The van der Waals surface area contributed by atoms with E-state index in [1.165, 1.54) is 6.07 Å². The van der Waals surface area contributed by atoms with E-state index in [2.05, 4.69) is 10.3 Å². The number of methoxy groups -OCH3 is 1. The van der Waals surface area contributed by atoms with E-state index in [-0.39, 0.29) is 5.69 Å². The van der Waals surface area contributed by atoms with Crippen LogP contribution in [0.2, 0.25) is 0 Å². The molecule has 0 bridgehead atoms. The number of rotatable bonds is 7. The second-order valence-electron chi connectivity index (χ2n) is 4.54. The molecule has 0 amide bonds. The van der Waals surface area contributed by atoms with Crippen LogP contribution in [0.1, 0.15) is 16.3 Å². The molecule has 2 aromatic rings. The van der Waals surface area contributed by atoms with Crippen LogP contribution in [-0.4, -0.2) is 23.6 Å². The highest BCUT2D eigenvalue weighted by Gasteiger charge is 2.11. The van der Waals surface area contributed by atoms with E-state index < -0.39 is 4.92 Å². The maximum Gasteiger partial charge on any atom is 0.270 e. The SMILES string of the molecule is COc1ccc([N+](=O)[O-])cc1CNCCc1csc(C)n1. The predicted molar refractivity (Wildman–Crippen MR) is 81.9 cm³/mol. The lowest BCUT2D eigenvalue weighted by molar-refractivity contribution is -0.384. The van der Waals surface area contributed by atoms with Crippen molar-refractivity contribution < 1.29 is 9.66 Å². The van der Waals surface area contributed by atoms with Crippen molar-refractivity contribution in [2.75, 3.05) is 13.7 Å². The topological polar surface area (TPSA) is 77.3 Å². The number of aryl methyl sites for hydroxylation is 1. The van der Waals surface area contributed by atoms with Crippen LogP contribution in [0.3, 0.4) is 0 Å². The van der Waals surface area contributed by atoms with Crippen molar-refractivity contribution in [3.63, 3.8) is 0 Å². The molecule has 0 unspecified atom stereocenters. The second kappa shape index (κ2) is 7.14. The summed E-state index contributed by atoms with van der Waals surface area (Å²) in [6, 6.07) is 4.61. The normalized spacial score (nSPS) is 10.6. The highest BCUT2D eigenvalue weighted by atomic mass is 32.1. The Bertz CT molecular complexity index is 628. The number of nitrogens with one attached hydrogen (secondary N) is 1. The molecular formula is C14H17N3O3S. The monoisotopic (exact) mass is 307 g/mol. The van der Waals surface area contributed by atoms with Crippen LogP contribution >= 0.6 is 11.3 Å². The fourth-order valence-corrected chi connectivity index (χ4v) is 2.63. The van der Waals surface area contributed by atoms with E-state index in [1.54, 1.807) is 30.6 Å². The van der Waals surface area contributed by atoms with E-state index >= 15 is 0 Å². The van der Waals surface area contributed by atoms with Gasteiger partial charge in [-0.1, -0.05) is 0 Å². The quantitative estimate of drug-likeness (QED) is 0.483. The van der Waals surface area contributed by atoms with Gasteiger partial charge in [0, 0.05) is 42.6 Å². The zero-order chi connectivity index (χ0) is 15.2. The zero-order valence-electron chi connectivity index (χ0n) is 12.0. The first-order valence-electron chi connectivity index (χ1n) is 6.53. The van der Waals surface area contributed by atoms with Crippen molar-refractivity contribution in [3.05, 3.63) is 50.0 Å². The maximum absolute atomic E-state index is 10.8. The maximum atomic E-state index is 10.8. The van der Waals surface area contributed by atoms with E-state index in [0.29, 0.717) is 12.3 Å². The molecule has 6 nitrogen and oxygen atoms in total.